The minimum absolute atomic E-state index is 0.135. The zero-order valence-corrected chi connectivity index (χ0v) is 14.5. The topological polar surface area (TPSA) is 138 Å². The van der Waals surface area contributed by atoms with E-state index in [1.807, 2.05) is 23.1 Å². The Morgan fingerprint density at radius 1 is 1.00 bits per heavy atom. The summed E-state index contributed by atoms with van der Waals surface area (Å²) in [5, 5.41) is 19.7. The number of carboxylic acids is 2. The van der Waals surface area contributed by atoms with E-state index in [2.05, 4.69) is 5.32 Å². The average molecular weight is 349 g/mol. The fourth-order valence-corrected chi connectivity index (χ4v) is 1.62. The van der Waals surface area contributed by atoms with Crippen LogP contribution in [0.3, 0.4) is 0 Å². The number of carboxylic acid groups (broad SMARTS) is 2. The first-order valence-electron chi connectivity index (χ1n) is 7.23. The molecule has 1 amide bonds. The summed E-state index contributed by atoms with van der Waals surface area (Å²) in [6.45, 7) is 3.86. The Morgan fingerprint density at radius 2 is 1.57 bits per heavy atom. The lowest BCUT2D eigenvalue weighted by atomic mass is 9.95. The number of hydrogen-bond donors (Lipinski definition) is 3. The second kappa shape index (κ2) is 13.8. The third-order valence-corrected chi connectivity index (χ3v) is 2.82. The second-order valence-electron chi connectivity index (χ2n) is 4.45. The van der Waals surface area contributed by atoms with Gasteiger partial charge in [0.25, 0.3) is 0 Å². The molecule has 0 aromatic rings. The highest BCUT2D eigenvalue weighted by atomic mass is 31.0. The van der Waals surface area contributed by atoms with E-state index in [1.165, 1.54) is 0 Å². The van der Waals surface area contributed by atoms with Crippen LogP contribution in [0, 0.1) is 5.92 Å². The molecule has 2 atom stereocenters. The summed E-state index contributed by atoms with van der Waals surface area (Å²) in [6, 6.07) is 0. The van der Waals surface area contributed by atoms with Gasteiger partial charge >= 0.3 is 11.9 Å². The van der Waals surface area contributed by atoms with Gasteiger partial charge in [-0.2, -0.15) is 0 Å². The number of Topliss-reactive ketones (excluding diaryl/α,β-unsaturated/α-hetero) is 1. The molecule has 0 saturated heterocycles. The van der Waals surface area contributed by atoms with Crippen molar-refractivity contribution in [3.05, 3.63) is 0 Å². The summed E-state index contributed by atoms with van der Waals surface area (Å²) < 4.78 is 0. The van der Waals surface area contributed by atoms with Crippen LogP contribution in [0.25, 0.3) is 0 Å². The van der Waals surface area contributed by atoms with Crippen molar-refractivity contribution in [2.45, 2.75) is 46.0 Å². The Hall–Kier alpha value is -1.82. The molecule has 0 bridgehead atoms. The van der Waals surface area contributed by atoms with Crippen LogP contribution in [0.1, 0.15) is 46.0 Å². The number of aliphatic carboxylic acids is 2. The predicted molar refractivity (Wildman–Crippen MR) is 85.9 cm³/mol. The molecule has 0 aliphatic heterocycles. The summed E-state index contributed by atoms with van der Waals surface area (Å²) in [6.07, 6.45) is -1.06. The second-order valence-corrected chi connectivity index (χ2v) is 5.10. The van der Waals surface area contributed by atoms with Gasteiger partial charge in [0.1, 0.15) is 5.78 Å². The van der Waals surface area contributed by atoms with Crippen LogP contribution < -0.4 is 5.32 Å². The van der Waals surface area contributed by atoms with Crippen molar-refractivity contribution in [1.82, 2.24) is 5.32 Å². The minimum Gasteiger partial charge on any atom is -0.481 e. The van der Waals surface area contributed by atoms with Gasteiger partial charge in [-0.25, -0.2) is 0 Å². The standard InChI is InChI=1S/C12H18NO7P.C2H6/c14-8(2-3-9(15)13-6-11(18)21)5-7(12(19)20)1-4-10(16)17;1-2/h7H,1-6,21H2,(H,13,15)(H,16,17)(H,19,20);1-2H3/t7-;/m0./s1. The highest BCUT2D eigenvalue weighted by Crippen LogP contribution is 2.14. The molecule has 0 aliphatic carbocycles. The fourth-order valence-electron chi connectivity index (χ4n) is 1.51. The number of carbonyl (C=O) groups is 5. The van der Waals surface area contributed by atoms with E-state index >= 15 is 0 Å². The molecule has 0 aromatic heterocycles. The molecule has 132 valence electrons. The number of nitrogens with one attached hydrogen (secondary N) is 1. The van der Waals surface area contributed by atoms with E-state index in [0.29, 0.717) is 0 Å². The van der Waals surface area contributed by atoms with Crippen LogP contribution in [0.5, 0.6) is 0 Å². The summed E-state index contributed by atoms with van der Waals surface area (Å²) in [4.78, 5) is 54.7. The maximum absolute atomic E-state index is 11.6. The van der Waals surface area contributed by atoms with Gasteiger partial charge in [-0.1, -0.05) is 23.1 Å². The molecule has 8 nitrogen and oxygen atoms in total. The van der Waals surface area contributed by atoms with Crippen LogP contribution in [0.4, 0.5) is 0 Å². The Labute approximate surface area is 137 Å². The monoisotopic (exact) mass is 349 g/mol. The van der Waals surface area contributed by atoms with Gasteiger partial charge in [-0.05, 0) is 6.42 Å². The molecule has 0 aliphatic rings. The van der Waals surface area contributed by atoms with E-state index in [4.69, 9.17) is 10.2 Å². The maximum Gasteiger partial charge on any atom is 0.306 e. The lowest BCUT2D eigenvalue weighted by molar-refractivity contribution is -0.145. The van der Waals surface area contributed by atoms with Crippen molar-refractivity contribution < 1.29 is 34.2 Å². The lowest BCUT2D eigenvalue weighted by Gasteiger charge is -2.10. The van der Waals surface area contributed by atoms with Crippen molar-refractivity contribution >= 4 is 38.4 Å². The maximum atomic E-state index is 11.6. The third-order valence-electron chi connectivity index (χ3n) is 2.62. The summed E-state index contributed by atoms with van der Waals surface area (Å²) in [5.41, 5.74) is -0.297. The molecule has 0 spiro atoms. The van der Waals surface area contributed by atoms with Crippen LogP contribution in [0.2, 0.25) is 0 Å². The Bertz CT molecular complexity index is 437. The molecule has 0 radical (unpaired) electrons. The molecular weight excluding hydrogens is 325 g/mol. The number of ketones is 1. The highest BCUT2D eigenvalue weighted by Gasteiger charge is 2.22. The zero-order valence-electron chi connectivity index (χ0n) is 13.3. The van der Waals surface area contributed by atoms with Crippen molar-refractivity contribution in [2.24, 2.45) is 5.92 Å². The first-order chi connectivity index (χ1) is 10.7. The van der Waals surface area contributed by atoms with Gasteiger partial charge in [-0.15, -0.1) is 0 Å². The first-order valence-corrected chi connectivity index (χ1v) is 7.81. The number of hydrogen-bond acceptors (Lipinski definition) is 5. The van der Waals surface area contributed by atoms with E-state index < -0.39 is 29.5 Å². The molecule has 23 heavy (non-hydrogen) atoms. The first kappa shape index (κ1) is 23.4. The van der Waals surface area contributed by atoms with Crippen LogP contribution >= 0.6 is 9.24 Å². The zero-order chi connectivity index (χ0) is 18.4. The van der Waals surface area contributed by atoms with Crippen LogP contribution in [0.15, 0.2) is 0 Å². The van der Waals surface area contributed by atoms with E-state index in [9.17, 15) is 24.0 Å². The largest absolute Gasteiger partial charge is 0.481 e. The average Bonchev–Trinajstić information content (AvgIpc) is 2.48. The molecule has 3 N–H and O–H groups in total. The SMILES string of the molecule is CC.O=C(O)CC[C@@H](CC(=O)CCC(=O)NCC(=O)P)C(=O)O. The van der Waals surface area contributed by atoms with Gasteiger partial charge in [0.15, 0.2) is 5.52 Å². The van der Waals surface area contributed by atoms with Gasteiger partial charge in [0.2, 0.25) is 5.91 Å². The highest BCUT2D eigenvalue weighted by molar-refractivity contribution is 7.40. The van der Waals surface area contributed by atoms with Crippen molar-refractivity contribution in [3.63, 3.8) is 0 Å². The van der Waals surface area contributed by atoms with Crippen molar-refractivity contribution in [2.75, 3.05) is 6.54 Å². The quantitative estimate of drug-likeness (QED) is 0.470. The van der Waals surface area contributed by atoms with E-state index in [0.717, 1.165) is 0 Å². The van der Waals surface area contributed by atoms with Crippen LogP contribution in [-0.4, -0.2) is 45.9 Å². The molecule has 9 heteroatoms. The van der Waals surface area contributed by atoms with E-state index in [1.54, 1.807) is 0 Å². The Balaban J connectivity index is 0. The Morgan fingerprint density at radius 3 is 2.00 bits per heavy atom. The molecule has 1 unspecified atom stereocenters. The van der Waals surface area contributed by atoms with E-state index in [-0.39, 0.29) is 44.2 Å². The molecule has 0 rings (SSSR count). The lowest BCUT2D eigenvalue weighted by Crippen LogP contribution is -2.28. The van der Waals surface area contributed by atoms with Crippen molar-refractivity contribution in [1.29, 1.82) is 0 Å². The molecular formula is C14H24NO7P. The number of amides is 1. The number of carbonyl (C=O) groups excluding carboxylic acids is 3. The minimum atomic E-state index is -1.23. The number of rotatable bonds is 11. The molecule has 0 aromatic carbocycles. The molecule has 0 heterocycles. The summed E-state index contributed by atoms with van der Waals surface area (Å²) >= 11 is 0. The van der Waals surface area contributed by atoms with Gasteiger partial charge in [-0.3, -0.25) is 24.0 Å². The molecule has 0 fully saturated rings. The fraction of sp³-hybridized carbons (Fsp3) is 0.643. The van der Waals surface area contributed by atoms with Gasteiger partial charge in [0.05, 0.1) is 12.5 Å². The smallest absolute Gasteiger partial charge is 0.306 e. The summed E-state index contributed by atoms with van der Waals surface area (Å²) in [7, 11) is 1.90. The van der Waals surface area contributed by atoms with Crippen LogP contribution in [-0.2, 0) is 24.0 Å². The third kappa shape index (κ3) is 14.9. The van der Waals surface area contributed by atoms with Crippen molar-refractivity contribution in [3.8, 4) is 0 Å². The van der Waals surface area contributed by atoms with Gasteiger partial charge < -0.3 is 15.5 Å². The normalized spacial score (nSPS) is 10.7. The predicted octanol–water partition coefficient (Wildman–Crippen LogP) is 0.835. The summed E-state index contributed by atoms with van der Waals surface area (Å²) in [5.74, 6) is -4.33. The molecule has 0 saturated carbocycles. The van der Waals surface area contributed by atoms with Gasteiger partial charge in [0, 0.05) is 25.7 Å². The Kier molecular flexibility index (Phi) is 14.1.